The van der Waals surface area contributed by atoms with E-state index in [1.54, 1.807) is 18.3 Å². The molecule has 4 nitrogen and oxygen atoms in total. The fraction of sp³-hybridized carbons (Fsp3) is 0. The van der Waals surface area contributed by atoms with Crippen molar-refractivity contribution in [3.05, 3.63) is 102 Å². The van der Waals surface area contributed by atoms with Crippen molar-refractivity contribution in [2.75, 3.05) is 0 Å². The molecule has 2 aromatic carbocycles. The van der Waals surface area contributed by atoms with E-state index in [4.69, 9.17) is 0 Å². The standard InChI is InChI=1S/C22H17N3O/c26-22(18-11-5-2-6-12-18)24-23-16-21-20(17-9-3-1-4-10-17)15-19-13-7-8-14-25(19)21/h1-16H,(H,24,26)/b23-16+. The number of hydrogen-bond donors (Lipinski definition) is 1. The molecular formula is C22H17N3O. The van der Waals surface area contributed by atoms with Gasteiger partial charge in [-0.2, -0.15) is 5.10 Å². The van der Waals surface area contributed by atoms with Crippen molar-refractivity contribution in [3.63, 3.8) is 0 Å². The first kappa shape index (κ1) is 15.8. The normalized spacial score (nSPS) is 11.1. The molecule has 4 rings (SSSR count). The Morgan fingerprint density at radius 2 is 1.58 bits per heavy atom. The number of pyridine rings is 1. The molecule has 2 aromatic heterocycles. The molecule has 0 bridgehead atoms. The minimum absolute atomic E-state index is 0.232. The van der Waals surface area contributed by atoms with Gasteiger partial charge in [-0.3, -0.25) is 4.79 Å². The van der Waals surface area contributed by atoms with Crippen molar-refractivity contribution in [3.8, 4) is 11.1 Å². The number of nitrogens with zero attached hydrogens (tertiary/aromatic N) is 2. The molecule has 0 radical (unpaired) electrons. The summed E-state index contributed by atoms with van der Waals surface area (Å²) in [4.78, 5) is 12.2. The first-order chi connectivity index (χ1) is 12.8. The third-order valence-electron chi connectivity index (χ3n) is 4.19. The number of amides is 1. The number of hydrazone groups is 1. The highest BCUT2D eigenvalue weighted by Crippen LogP contribution is 2.26. The first-order valence-corrected chi connectivity index (χ1v) is 8.37. The lowest BCUT2D eigenvalue weighted by Gasteiger charge is -2.03. The Bertz CT molecular complexity index is 1070. The zero-order valence-corrected chi connectivity index (χ0v) is 14.0. The molecular weight excluding hydrogens is 322 g/mol. The lowest BCUT2D eigenvalue weighted by atomic mass is 10.1. The topological polar surface area (TPSA) is 45.9 Å². The minimum Gasteiger partial charge on any atom is -0.315 e. The van der Waals surface area contributed by atoms with Crippen LogP contribution < -0.4 is 5.43 Å². The van der Waals surface area contributed by atoms with Gasteiger partial charge in [-0.05, 0) is 35.9 Å². The van der Waals surface area contributed by atoms with Crippen molar-refractivity contribution in [1.29, 1.82) is 0 Å². The van der Waals surface area contributed by atoms with E-state index < -0.39 is 0 Å². The molecule has 0 aliphatic heterocycles. The molecule has 0 aliphatic carbocycles. The fourth-order valence-electron chi connectivity index (χ4n) is 2.93. The van der Waals surface area contributed by atoms with Gasteiger partial charge in [0.05, 0.1) is 11.9 Å². The van der Waals surface area contributed by atoms with Crippen molar-refractivity contribution in [2.24, 2.45) is 5.10 Å². The van der Waals surface area contributed by atoms with Gasteiger partial charge in [0.1, 0.15) is 0 Å². The summed E-state index contributed by atoms with van der Waals surface area (Å²) in [6, 6.07) is 27.3. The molecule has 126 valence electrons. The van der Waals surface area contributed by atoms with Crippen molar-refractivity contribution >= 4 is 17.6 Å². The zero-order valence-electron chi connectivity index (χ0n) is 14.0. The minimum atomic E-state index is -0.232. The fourth-order valence-corrected chi connectivity index (χ4v) is 2.93. The number of carbonyl (C=O) groups is 1. The first-order valence-electron chi connectivity index (χ1n) is 8.37. The molecule has 1 N–H and O–H groups in total. The van der Waals surface area contributed by atoms with Gasteiger partial charge >= 0.3 is 0 Å². The second-order valence-corrected chi connectivity index (χ2v) is 5.87. The van der Waals surface area contributed by atoms with Crippen molar-refractivity contribution in [1.82, 2.24) is 9.83 Å². The Balaban J connectivity index is 1.68. The summed E-state index contributed by atoms with van der Waals surface area (Å²) in [6.07, 6.45) is 3.68. The summed E-state index contributed by atoms with van der Waals surface area (Å²) in [5, 5.41) is 4.18. The van der Waals surface area contributed by atoms with Gasteiger partial charge in [0.15, 0.2) is 0 Å². The van der Waals surface area contributed by atoms with E-state index in [2.05, 4.69) is 33.1 Å². The highest BCUT2D eigenvalue weighted by atomic mass is 16.2. The van der Waals surface area contributed by atoms with Crippen LogP contribution in [-0.2, 0) is 0 Å². The molecule has 0 fully saturated rings. The van der Waals surface area contributed by atoms with Gasteiger partial charge in [-0.15, -0.1) is 0 Å². The van der Waals surface area contributed by atoms with Crippen LogP contribution >= 0.6 is 0 Å². The summed E-state index contributed by atoms with van der Waals surface area (Å²) in [6.45, 7) is 0. The van der Waals surface area contributed by atoms with Crippen molar-refractivity contribution < 1.29 is 4.79 Å². The molecule has 4 aromatic rings. The highest BCUT2D eigenvalue weighted by Gasteiger charge is 2.10. The lowest BCUT2D eigenvalue weighted by molar-refractivity contribution is 0.0955. The number of carbonyl (C=O) groups excluding carboxylic acids is 1. The van der Waals surface area contributed by atoms with Crippen LogP contribution in [0.1, 0.15) is 16.1 Å². The van der Waals surface area contributed by atoms with Gasteiger partial charge in [-0.25, -0.2) is 5.43 Å². The average molecular weight is 339 g/mol. The van der Waals surface area contributed by atoms with Crippen LogP contribution in [-0.4, -0.2) is 16.5 Å². The number of aromatic nitrogens is 1. The second kappa shape index (κ2) is 7.07. The molecule has 26 heavy (non-hydrogen) atoms. The largest absolute Gasteiger partial charge is 0.315 e. The molecule has 2 heterocycles. The maximum atomic E-state index is 12.2. The molecule has 1 amide bonds. The van der Waals surface area contributed by atoms with E-state index in [1.807, 2.05) is 60.8 Å². The Hall–Kier alpha value is -3.66. The summed E-state index contributed by atoms with van der Waals surface area (Å²) >= 11 is 0. The Morgan fingerprint density at radius 1 is 0.885 bits per heavy atom. The summed E-state index contributed by atoms with van der Waals surface area (Å²) in [5.74, 6) is -0.232. The average Bonchev–Trinajstić information content (AvgIpc) is 3.08. The van der Waals surface area contributed by atoms with Gasteiger partial charge < -0.3 is 4.40 Å². The summed E-state index contributed by atoms with van der Waals surface area (Å²) in [7, 11) is 0. The van der Waals surface area contributed by atoms with Gasteiger partial charge in [0.25, 0.3) is 5.91 Å². The molecule has 4 heteroatoms. The van der Waals surface area contributed by atoms with E-state index in [1.165, 1.54) is 0 Å². The number of benzene rings is 2. The quantitative estimate of drug-likeness (QED) is 0.435. The van der Waals surface area contributed by atoms with Crippen LogP contribution in [0.25, 0.3) is 16.6 Å². The number of rotatable bonds is 4. The van der Waals surface area contributed by atoms with Crippen LogP contribution in [0.2, 0.25) is 0 Å². The Morgan fingerprint density at radius 3 is 2.35 bits per heavy atom. The lowest BCUT2D eigenvalue weighted by Crippen LogP contribution is -2.17. The molecule has 0 aliphatic rings. The van der Waals surface area contributed by atoms with Gasteiger partial charge in [0, 0.05) is 22.8 Å². The predicted molar refractivity (Wildman–Crippen MR) is 104 cm³/mol. The van der Waals surface area contributed by atoms with Gasteiger partial charge in [-0.1, -0.05) is 54.6 Å². The number of hydrogen-bond acceptors (Lipinski definition) is 2. The summed E-state index contributed by atoms with van der Waals surface area (Å²) in [5.41, 5.74) is 7.33. The van der Waals surface area contributed by atoms with E-state index in [0.29, 0.717) is 5.56 Å². The third-order valence-corrected chi connectivity index (χ3v) is 4.19. The SMILES string of the molecule is O=C(N/N=C/c1c(-c2ccccc2)cc2ccccn12)c1ccccc1. The van der Waals surface area contributed by atoms with E-state index in [9.17, 15) is 4.79 Å². The molecule has 0 atom stereocenters. The Labute approximate surface area is 151 Å². The predicted octanol–water partition coefficient (Wildman–Crippen LogP) is 4.37. The summed E-state index contributed by atoms with van der Waals surface area (Å²) < 4.78 is 2.06. The van der Waals surface area contributed by atoms with E-state index >= 15 is 0 Å². The molecule has 0 saturated heterocycles. The van der Waals surface area contributed by atoms with Crippen molar-refractivity contribution in [2.45, 2.75) is 0 Å². The molecule has 0 saturated carbocycles. The molecule has 0 spiro atoms. The van der Waals surface area contributed by atoms with E-state index in [0.717, 1.165) is 22.3 Å². The number of fused-ring (bicyclic) bond motifs is 1. The van der Waals surface area contributed by atoms with Crippen LogP contribution in [0, 0.1) is 0 Å². The molecule has 0 unspecified atom stereocenters. The van der Waals surface area contributed by atoms with Crippen LogP contribution in [0.15, 0.2) is 96.2 Å². The maximum absolute atomic E-state index is 12.2. The van der Waals surface area contributed by atoms with Crippen LogP contribution in [0.3, 0.4) is 0 Å². The number of nitrogens with one attached hydrogen (secondary N) is 1. The highest BCUT2D eigenvalue weighted by molar-refractivity contribution is 5.96. The monoisotopic (exact) mass is 339 g/mol. The van der Waals surface area contributed by atoms with Crippen LogP contribution in [0.4, 0.5) is 0 Å². The van der Waals surface area contributed by atoms with Gasteiger partial charge in [0.2, 0.25) is 0 Å². The zero-order chi connectivity index (χ0) is 17.8. The Kier molecular flexibility index (Phi) is 4.31. The smallest absolute Gasteiger partial charge is 0.271 e. The van der Waals surface area contributed by atoms with E-state index in [-0.39, 0.29) is 5.91 Å². The third kappa shape index (κ3) is 3.13. The van der Waals surface area contributed by atoms with Crippen LogP contribution in [0.5, 0.6) is 0 Å². The second-order valence-electron chi connectivity index (χ2n) is 5.87. The maximum Gasteiger partial charge on any atom is 0.271 e.